The summed E-state index contributed by atoms with van der Waals surface area (Å²) in [4.78, 5) is 22.7. The standard InChI is InChI=1S/C15H24N4O2/c1-11-13(17-8-7-16-11)19-9-5-6-12(19)10-18-14(20)21-15(2,3)4/h7-8,12H,5-6,9-10H2,1-4H3,(H,18,20)/t12-/m0/s1. The van der Waals surface area contributed by atoms with E-state index < -0.39 is 5.60 Å². The number of rotatable bonds is 3. The first kappa shape index (κ1) is 15.5. The predicted octanol–water partition coefficient (Wildman–Crippen LogP) is 2.28. The minimum absolute atomic E-state index is 0.243. The van der Waals surface area contributed by atoms with Crippen molar-refractivity contribution in [2.75, 3.05) is 18.0 Å². The summed E-state index contributed by atoms with van der Waals surface area (Å²) in [5, 5.41) is 2.85. The number of aryl methyl sites for hydroxylation is 1. The van der Waals surface area contributed by atoms with Crippen LogP contribution in [-0.2, 0) is 4.74 Å². The van der Waals surface area contributed by atoms with E-state index in [-0.39, 0.29) is 12.1 Å². The number of hydrogen-bond acceptors (Lipinski definition) is 5. The first-order chi connectivity index (χ1) is 9.87. The quantitative estimate of drug-likeness (QED) is 0.925. The van der Waals surface area contributed by atoms with Crippen LogP contribution < -0.4 is 10.2 Å². The van der Waals surface area contributed by atoms with Gasteiger partial charge in [-0.2, -0.15) is 0 Å². The van der Waals surface area contributed by atoms with Crippen molar-refractivity contribution in [2.45, 2.75) is 52.2 Å². The molecule has 1 aromatic heterocycles. The third-order valence-corrected chi connectivity index (χ3v) is 3.39. The van der Waals surface area contributed by atoms with Gasteiger partial charge in [-0.25, -0.2) is 9.78 Å². The third kappa shape index (κ3) is 4.31. The van der Waals surface area contributed by atoms with Crippen molar-refractivity contribution in [3.05, 3.63) is 18.1 Å². The van der Waals surface area contributed by atoms with Crippen LogP contribution in [-0.4, -0.2) is 40.8 Å². The smallest absolute Gasteiger partial charge is 0.407 e. The van der Waals surface area contributed by atoms with Crippen LogP contribution in [0.15, 0.2) is 12.4 Å². The van der Waals surface area contributed by atoms with E-state index in [0.29, 0.717) is 6.54 Å². The van der Waals surface area contributed by atoms with E-state index in [4.69, 9.17) is 4.74 Å². The van der Waals surface area contributed by atoms with Gasteiger partial charge >= 0.3 is 6.09 Å². The molecule has 1 aliphatic heterocycles. The van der Waals surface area contributed by atoms with Gasteiger partial charge in [0.25, 0.3) is 0 Å². The molecule has 1 saturated heterocycles. The Morgan fingerprint density at radius 3 is 2.81 bits per heavy atom. The largest absolute Gasteiger partial charge is 0.444 e. The van der Waals surface area contributed by atoms with E-state index in [9.17, 15) is 4.79 Å². The number of carbonyl (C=O) groups excluding carboxylic acids is 1. The molecule has 1 N–H and O–H groups in total. The van der Waals surface area contributed by atoms with Gasteiger partial charge in [-0.15, -0.1) is 0 Å². The average Bonchev–Trinajstić information content (AvgIpc) is 2.83. The number of nitrogens with zero attached hydrogens (tertiary/aromatic N) is 3. The molecule has 0 unspecified atom stereocenters. The van der Waals surface area contributed by atoms with Crippen molar-refractivity contribution in [1.29, 1.82) is 0 Å². The molecular weight excluding hydrogens is 268 g/mol. The van der Waals surface area contributed by atoms with E-state index in [1.54, 1.807) is 12.4 Å². The zero-order valence-corrected chi connectivity index (χ0v) is 13.2. The summed E-state index contributed by atoms with van der Waals surface area (Å²) in [6.07, 6.45) is 5.16. The molecule has 1 fully saturated rings. The number of ether oxygens (including phenoxy) is 1. The molecule has 6 nitrogen and oxygen atoms in total. The lowest BCUT2D eigenvalue weighted by atomic mass is 10.2. The Morgan fingerprint density at radius 1 is 1.43 bits per heavy atom. The second-order valence-corrected chi connectivity index (χ2v) is 6.34. The minimum atomic E-state index is -0.471. The average molecular weight is 292 g/mol. The molecule has 0 spiro atoms. The number of nitrogens with one attached hydrogen (secondary N) is 1. The summed E-state index contributed by atoms with van der Waals surface area (Å²) in [5.41, 5.74) is 0.447. The Labute approximate surface area is 125 Å². The highest BCUT2D eigenvalue weighted by atomic mass is 16.6. The summed E-state index contributed by atoms with van der Waals surface area (Å²) in [6.45, 7) is 9.04. The molecule has 0 bridgehead atoms. The lowest BCUT2D eigenvalue weighted by Crippen LogP contribution is -2.42. The van der Waals surface area contributed by atoms with Gasteiger partial charge in [0.2, 0.25) is 0 Å². The molecule has 116 valence electrons. The van der Waals surface area contributed by atoms with E-state index in [1.165, 1.54) is 0 Å². The predicted molar refractivity (Wildman–Crippen MR) is 81.4 cm³/mol. The van der Waals surface area contributed by atoms with Crippen molar-refractivity contribution in [3.8, 4) is 0 Å². The number of anilines is 1. The van der Waals surface area contributed by atoms with E-state index >= 15 is 0 Å². The molecule has 1 amide bonds. The maximum absolute atomic E-state index is 11.7. The summed E-state index contributed by atoms with van der Waals surface area (Å²) >= 11 is 0. The highest BCUT2D eigenvalue weighted by Gasteiger charge is 2.28. The number of alkyl carbamates (subject to hydrolysis) is 1. The molecule has 0 aliphatic carbocycles. The van der Waals surface area contributed by atoms with Crippen LogP contribution in [0.3, 0.4) is 0 Å². The van der Waals surface area contributed by atoms with Crippen molar-refractivity contribution in [1.82, 2.24) is 15.3 Å². The van der Waals surface area contributed by atoms with Crippen LogP contribution in [0.2, 0.25) is 0 Å². The van der Waals surface area contributed by atoms with Crippen molar-refractivity contribution in [3.63, 3.8) is 0 Å². The fraction of sp³-hybridized carbons (Fsp3) is 0.667. The van der Waals surface area contributed by atoms with Gasteiger partial charge in [-0.1, -0.05) is 0 Å². The topological polar surface area (TPSA) is 67.4 Å². The van der Waals surface area contributed by atoms with Gasteiger partial charge in [0.1, 0.15) is 11.4 Å². The van der Waals surface area contributed by atoms with Crippen LogP contribution in [0.5, 0.6) is 0 Å². The highest BCUT2D eigenvalue weighted by molar-refractivity contribution is 5.67. The fourth-order valence-corrected chi connectivity index (χ4v) is 2.52. The van der Waals surface area contributed by atoms with E-state index in [0.717, 1.165) is 30.9 Å². The molecule has 0 radical (unpaired) electrons. The Hall–Kier alpha value is -1.85. The first-order valence-corrected chi connectivity index (χ1v) is 7.38. The zero-order chi connectivity index (χ0) is 15.5. The monoisotopic (exact) mass is 292 g/mol. The molecule has 1 aliphatic rings. The van der Waals surface area contributed by atoms with Crippen LogP contribution in [0.25, 0.3) is 0 Å². The minimum Gasteiger partial charge on any atom is -0.444 e. The normalized spacial score (nSPS) is 18.7. The Morgan fingerprint density at radius 2 is 2.14 bits per heavy atom. The van der Waals surface area contributed by atoms with Crippen molar-refractivity contribution < 1.29 is 9.53 Å². The van der Waals surface area contributed by atoms with Crippen LogP contribution >= 0.6 is 0 Å². The highest BCUT2D eigenvalue weighted by Crippen LogP contribution is 2.24. The van der Waals surface area contributed by atoms with E-state index in [2.05, 4.69) is 20.2 Å². The van der Waals surface area contributed by atoms with Gasteiger partial charge in [-0.3, -0.25) is 4.98 Å². The van der Waals surface area contributed by atoms with Gasteiger partial charge in [0, 0.05) is 31.5 Å². The van der Waals surface area contributed by atoms with Crippen LogP contribution in [0, 0.1) is 6.92 Å². The Kier molecular flexibility index (Phi) is 4.65. The van der Waals surface area contributed by atoms with Gasteiger partial charge in [-0.05, 0) is 40.5 Å². The molecule has 0 saturated carbocycles. The molecule has 2 rings (SSSR count). The summed E-state index contributed by atoms with van der Waals surface area (Å²) < 4.78 is 5.27. The molecule has 6 heteroatoms. The second kappa shape index (κ2) is 6.28. The van der Waals surface area contributed by atoms with E-state index in [1.807, 2.05) is 27.7 Å². The van der Waals surface area contributed by atoms with Crippen molar-refractivity contribution >= 4 is 11.9 Å². The third-order valence-electron chi connectivity index (χ3n) is 3.39. The lowest BCUT2D eigenvalue weighted by Gasteiger charge is -2.27. The van der Waals surface area contributed by atoms with Crippen molar-refractivity contribution in [2.24, 2.45) is 0 Å². The maximum Gasteiger partial charge on any atom is 0.407 e. The molecule has 2 heterocycles. The summed E-state index contributed by atoms with van der Waals surface area (Å²) in [5.74, 6) is 0.908. The Balaban J connectivity index is 1.94. The van der Waals surface area contributed by atoms with Crippen LogP contribution in [0.4, 0.5) is 10.6 Å². The Bertz CT molecular complexity index is 499. The number of hydrogen-bond donors (Lipinski definition) is 1. The van der Waals surface area contributed by atoms with Crippen LogP contribution in [0.1, 0.15) is 39.3 Å². The molecule has 1 aromatic rings. The molecule has 1 atom stereocenters. The fourth-order valence-electron chi connectivity index (χ4n) is 2.52. The lowest BCUT2D eigenvalue weighted by molar-refractivity contribution is 0.0525. The number of aromatic nitrogens is 2. The second-order valence-electron chi connectivity index (χ2n) is 6.34. The van der Waals surface area contributed by atoms with Gasteiger partial charge in [0.15, 0.2) is 0 Å². The summed E-state index contributed by atoms with van der Waals surface area (Å²) in [7, 11) is 0. The number of carbonyl (C=O) groups is 1. The SMILES string of the molecule is Cc1nccnc1N1CCC[C@H]1CNC(=O)OC(C)(C)C. The molecule has 21 heavy (non-hydrogen) atoms. The molecule has 0 aromatic carbocycles. The number of amides is 1. The van der Waals surface area contributed by atoms with Gasteiger partial charge < -0.3 is 15.0 Å². The first-order valence-electron chi connectivity index (χ1n) is 7.38. The molecular formula is C15H24N4O2. The van der Waals surface area contributed by atoms with Gasteiger partial charge in [0.05, 0.1) is 5.69 Å². The summed E-state index contributed by atoms with van der Waals surface area (Å²) in [6, 6.07) is 0.243. The zero-order valence-electron chi connectivity index (χ0n) is 13.2. The maximum atomic E-state index is 11.7.